The summed E-state index contributed by atoms with van der Waals surface area (Å²) in [7, 11) is 0. The van der Waals surface area contributed by atoms with Gasteiger partial charge in [0.25, 0.3) is 0 Å². The van der Waals surface area contributed by atoms with E-state index in [0.29, 0.717) is 6.42 Å². The van der Waals surface area contributed by atoms with Crippen LogP contribution in [0.2, 0.25) is 0 Å². The maximum absolute atomic E-state index is 14.7. The number of hydrogen-bond donors (Lipinski definition) is 0. The molecule has 0 bridgehead atoms. The smallest absolute Gasteiger partial charge is 0.201 e. The molecule has 3 nitrogen and oxygen atoms in total. The number of hydrogen-bond acceptors (Lipinski definition) is 3. The van der Waals surface area contributed by atoms with Gasteiger partial charge in [-0.25, -0.2) is 18.7 Å². The van der Waals surface area contributed by atoms with Gasteiger partial charge in [0.1, 0.15) is 12.8 Å². The highest BCUT2D eigenvalue weighted by Gasteiger charge is 2.19. The number of unbranched alkanes of at least 4 members (excludes halogenated alkanes) is 7. The van der Waals surface area contributed by atoms with Crippen molar-refractivity contribution in [2.24, 2.45) is 5.92 Å². The molecule has 0 aliphatic heterocycles. The van der Waals surface area contributed by atoms with E-state index >= 15 is 0 Å². The molecule has 6 heteroatoms. The van der Waals surface area contributed by atoms with Gasteiger partial charge in [0, 0.05) is 12.4 Å². The first-order chi connectivity index (χ1) is 17.6. The molecular formula is C30H43F3N2O. The third kappa shape index (κ3) is 9.40. The van der Waals surface area contributed by atoms with Crippen molar-refractivity contribution < 1.29 is 17.9 Å². The Labute approximate surface area is 215 Å². The topological polar surface area (TPSA) is 35.0 Å². The van der Waals surface area contributed by atoms with Gasteiger partial charge in [-0.2, -0.15) is 4.39 Å². The van der Waals surface area contributed by atoms with Gasteiger partial charge in [-0.15, -0.1) is 0 Å². The summed E-state index contributed by atoms with van der Waals surface area (Å²) in [5.74, 6) is -1.38. The molecule has 1 aliphatic carbocycles. The van der Waals surface area contributed by atoms with Gasteiger partial charge in [-0.1, -0.05) is 90.4 Å². The minimum Gasteiger partial charge on any atom is -0.487 e. The Morgan fingerprint density at radius 2 is 1.58 bits per heavy atom. The lowest BCUT2D eigenvalue weighted by Gasteiger charge is -2.12. The SMILES string of the molecule is CCCCCC[C@@H](F)COc1ccc(-c2ncc(CCCCCCCC3CCCC3)cn2)c(F)c1F. The van der Waals surface area contributed by atoms with Crippen molar-refractivity contribution in [3.8, 4) is 17.1 Å². The molecule has 1 aromatic heterocycles. The fourth-order valence-corrected chi connectivity index (χ4v) is 5.09. The zero-order chi connectivity index (χ0) is 25.6. The first kappa shape index (κ1) is 28.5. The van der Waals surface area contributed by atoms with Crippen molar-refractivity contribution in [1.82, 2.24) is 9.97 Å². The number of nitrogens with zero attached hydrogens (tertiary/aromatic N) is 2. The van der Waals surface area contributed by atoms with Crippen LogP contribution in [-0.2, 0) is 6.42 Å². The van der Waals surface area contributed by atoms with Gasteiger partial charge in [0.2, 0.25) is 5.82 Å². The number of alkyl halides is 1. The van der Waals surface area contributed by atoms with Crippen LogP contribution in [0, 0.1) is 17.6 Å². The van der Waals surface area contributed by atoms with E-state index in [1.807, 2.05) is 0 Å². The number of aromatic nitrogens is 2. The predicted molar refractivity (Wildman–Crippen MR) is 140 cm³/mol. The van der Waals surface area contributed by atoms with Crippen molar-refractivity contribution in [3.05, 3.63) is 41.7 Å². The molecule has 0 N–H and O–H groups in total. The Morgan fingerprint density at radius 1 is 0.889 bits per heavy atom. The Kier molecular flexibility index (Phi) is 12.6. The second-order valence-corrected chi connectivity index (χ2v) is 10.4. The third-order valence-electron chi connectivity index (χ3n) is 7.34. The van der Waals surface area contributed by atoms with E-state index in [1.165, 1.54) is 69.9 Å². The van der Waals surface area contributed by atoms with Crippen LogP contribution in [0.1, 0.15) is 109 Å². The highest BCUT2D eigenvalue weighted by atomic mass is 19.2. The van der Waals surface area contributed by atoms with Crippen molar-refractivity contribution in [2.45, 2.75) is 116 Å². The van der Waals surface area contributed by atoms with Crippen LogP contribution >= 0.6 is 0 Å². The molecule has 1 heterocycles. The van der Waals surface area contributed by atoms with Crippen molar-refractivity contribution in [1.29, 1.82) is 0 Å². The van der Waals surface area contributed by atoms with Gasteiger partial charge in [-0.05, 0) is 42.9 Å². The minimum atomic E-state index is -1.20. The molecule has 0 amide bonds. The summed E-state index contributed by atoms with van der Waals surface area (Å²) in [5.41, 5.74) is 0.975. The highest BCUT2D eigenvalue weighted by Crippen LogP contribution is 2.30. The first-order valence-corrected chi connectivity index (χ1v) is 14.1. The Bertz CT molecular complexity index is 885. The van der Waals surface area contributed by atoms with Crippen LogP contribution < -0.4 is 4.74 Å². The lowest BCUT2D eigenvalue weighted by Crippen LogP contribution is -2.14. The molecule has 0 unspecified atom stereocenters. The summed E-state index contributed by atoms with van der Waals surface area (Å²) >= 11 is 0. The number of aryl methyl sites for hydroxylation is 1. The van der Waals surface area contributed by atoms with E-state index in [2.05, 4.69) is 16.9 Å². The van der Waals surface area contributed by atoms with Gasteiger partial charge in [0.05, 0.1) is 5.56 Å². The van der Waals surface area contributed by atoms with Crippen molar-refractivity contribution in [3.63, 3.8) is 0 Å². The summed E-state index contributed by atoms with van der Waals surface area (Å²) < 4.78 is 48.4. The number of benzene rings is 1. The summed E-state index contributed by atoms with van der Waals surface area (Å²) in [6, 6.07) is 2.71. The zero-order valence-electron chi connectivity index (χ0n) is 21.9. The van der Waals surface area contributed by atoms with Crippen LogP contribution in [0.4, 0.5) is 13.2 Å². The molecule has 0 radical (unpaired) electrons. The normalized spacial score (nSPS) is 14.9. The molecular weight excluding hydrogens is 461 g/mol. The molecule has 0 saturated heterocycles. The monoisotopic (exact) mass is 504 g/mol. The highest BCUT2D eigenvalue weighted by molar-refractivity contribution is 5.57. The van der Waals surface area contributed by atoms with E-state index in [0.717, 1.165) is 50.0 Å². The maximum Gasteiger partial charge on any atom is 0.201 e. The van der Waals surface area contributed by atoms with E-state index in [4.69, 9.17) is 4.74 Å². The van der Waals surface area contributed by atoms with Crippen LogP contribution in [0.25, 0.3) is 11.4 Å². The maximum atomic E-state index is 14.7. The Hall–Kier alpha value is -2.11. The van der Waals surface area contributed by atoms with Crippen molar-refractivity contribution >= 4 is 0 Å². The zero-order valence-corrected chi connectivity index (χ0v) is 21.9. The average Bonchev–Trinajstić information content (AvgIpc) is 3.41. The first-order valence-electron chi connectivity index (χ1n) is 14.1. The molecule has 1 aromatic carbocycles. The van der Waals surface area contributed by atoms with E-state index in [1.54, 1.807) is 12.4 Å². The van der Waals surface area contributed by atoms with E-state index in [-0.39, 0.29) is 23.7 Å². The molecule has 1 atom stereocenters. The predicted octanol–water partition coefficient (Wildman–Crippen LogP) is 9.18. The largest absolute Gasteiger partial charge is 0.487 e. The standard InChI is InChI=1S/C30H43F3N2O/c1-2-3-4-10-17-25(31)22-36-27-19-18-26(28(32)29(27)33)30-34-20-24(21-35-30)16-9-7-5-6-8-13-23-14-11-12-15-23/h18-21,23,25H,2-17,22H2,1H3/t25-/m1/s1. The fourth-order valence-electron chi connectivity index (χ4n) is 5.09. The molecule has 200 valence electrons. The number of halogens is 3. The van der Waals surface area contributed by atoms with Crippen LogP contribution in [0.3, 0.4) is 0 Å². The molecule has 3 rings (SSSR count). The summed E-state index contributed by atoms with van der Waals surface area (Å²) in [6.07, 6.45) is 20.6. The Balaban J connectivity index is 1.39. The fraction of sp³-hybridized carbons (Fsp3) is 0.667. The summed E-state index contributed by atoms with van der Waals surface area (Å²) in [5, 5.41) is 0. The van der Waals surface area contributed by atoms with Gasteiger partial charge < -0.3 is 4.74 Å². The average molecular weight is 505 g/mol. The lowest BCUT2D eigenvalue weighted by atomic mass is 9.99. The van der Waals surface area contributed by atoms with Crippen LogP contribution in [0.15, 0.2) is 24.5 Å². The van der Waals surface area contributed by atoms with Gasteiger partial charge in [-0.3, -0.25) is 0 Å². The van der Waals surface area contributed by atoms with Crippen LogP contribution in [0.5, 0.6) is 5.75 Å². The second-order valence-electron chi connectivity index (χ2n) is 10.4. The Morgan fingerprint density at radius 3 is 2.33 bits per heavy atom. The van der Waals surface area contributed by atoms with Gasteiger partial charge >= 0.3 is 0 Å². The molecule has 1 aliphatic rings. The lowest BCUT2D eigenvalue weighted by molar-refractivity contribution is 0.177. The second kappa shape index (κ2) is 15.9. The van der Waals surface area contributed by atoms with E-state index in [9.17, 15) is 13.2 Å². The molecule has 1 saturated carbocycles. The summed E-state index contributed by atoms with van der Waals surface area (Å²) in [6.45, 7) is 1.81. The number of ether oxygens (including phenoxy) is 1. The quantitative estimate of drug-likeness (QED) is 0.201. The summed E-state index contributed by atoms with van der Waals surface area (Å²) in [4.78, 5) is 8.51. The molecule has 0 spiro atoms. The molecule has 2 aromatic rings. The van der Waals surface area contributed by atoms with Gasteiger partial charge in [0.15, 0.2) is 17.4 Å². The molecule has 1 fully saturated rings. The minimum absolute atomic E-state index is 0.0231. The molecule has 36 heavy (non-hydrogen) atoms. The van der Waals surface area contributed by atoms with Crippen LogP contribution in [-0.4, -0.2) is 22.7 Å². The number of rotatable bonds is 17. The van der Waals surface area contributed by atoms with Crippen molar-refractivity contribution in [2.75, 3.05) is 6.61 Å². The third-order valence-corrected chi connectivity index (χ3v) is 7.34. The van der Waals surface area contributed by atoms with E-state index < -0.39 is 17.8 Å².